The second-order valence-corrected chi connectivity index (χ2v) is 3.21. The average Bonchev–Trinajstić information content (AvgIpc) is 2.15. The van der Waals surface area contributed by atoms with E-state index in [1.165, 1.54) is 11.1 Å². The minimum atomic E-state index is 1.09. The highest BCUT2D eigenvalue weighted by Crippen LogP contribution is 2.13. The molecule has 1 rings (SSSR count). The van der Waals surface area contributed by atoms with Crippen molar-refractivity contribution in [1.29, 1.82) is 0 Å². The van der Waals surface area contributed by atoms with E-state index < -0.39 is 0 Å². The van der Waals surface area contributed by atoms with Gasteiger partial charge in [0.25, 0.3) is 0 Å². The van der Waals surface area contributed by atoms with E-state index in [0.717, 1.165) is 12.0 Å². The van der Waals surface area contributed by atoms with Crippen molar-refractivity contribution >= 4 is 11.6 Å². The Labute approximate surface area is 80.6 Å². The molecule has 0 saturated carbocycles. The van der Waals surface area contributed by atoms with Crippen LogP contribution < -0.4 is 0 Å². The van der Waals surface area contributed by atoms with Gasteiger partial charge in [0.2, 0.25) is 0 Å². The summed E-state index contributed by atoms with van der Waals surface area (Å²) < 4.78 is 0. The van der Waals surface area contributed by atoms with Crippen molar-refractivity contribution in [1.82, 2.24) is 0 Å². The molecule has 1 aromatic carbocycles. The summed E-state index contributed by atoms with van der Waals surface area (Å²) in [6.07, 6.45) is 5.39. The summed E-state index contributed by atoms with van der Waals surface area (Å²) in [5.74, 6) is 0. The van der Waals surface area contributed by atoms with Gasteiger partial charge in [-0.15, -0.1) is 0 Å². The lowest BCUT2D eigenvalue weighted by Gasteiger charge is -1.99. The molecular weight excluding hydrogens is 156 g/mol. The number of allylic oxidation sites excluding steroid dienone is 2. The van der Waals surface area contributed by atoms with E-state index in [4.69, 9.17) is 0 Å². The third-order valence-corrected chi connectivity index (χ3v) is 1.95. The Kier molecular flexibility index (Phi) is 3.51. The Balaban J connectivity index is 2.81. The predicted octanol–water partition coefficient (Wildman–Crippen LogP) is 4.14. The second-order valence-electron chi connectivity index (χ2n) is 3.21. The molecule has 0 fully saturated rings. The van der Waals surface area contributed by atoms with E-state index >= 15 is 0 Å². The highest BCUT2D eigenvalue weighted by atomic mass is 14.0. The molecule has 0 atom stereocenters. The van der Waals surface area contributed by atoms with Crippen LogP contribution in [0.1, 0.15) is 31.4 Å². The van der Waals surface area contributed by atoms with Gasteiger partial charge in [0.15, 0.2) is 0 Å². The summed E-state index contributed by atoms with van der Waals surface area (Å²) in [6, 6.07) is 8.46. The first kappa shape index (κ1) is 9.79. The number of hydrogen-bond acceptors (Lipinski definition) is 0. The molecule has 0 radical (unpaired) electrons. The molecule has 0 N–H and O–H groups in total. The van der Waals surface area contributed by atoms with Gasteiger partial charge in [-0.3, -0.25) is 0 Å². The largest absolute Gasteiger partial charge is 0.0955 e. The van der Waals surface area contributed by atoms with Gasteiger partial charge in [0.1, 0.15) is 0 Å². The SMILES string of the molecule is C=C(C)c1ccc(C=CCC)cc1. The molecule has 0 aliphatic rings. The van der Waals surface area contributed by atoms with Crippen LogP contribution in [0, 0.1) is 0 Å². The van der Waals surface area contributed by atoms with E-state index in [0.29, 0.717) is 0 Å². The molecule has 0 aliphatic carbocycles. The van der Waals surface area contributed by atoms with Crippen molar-refractivity contribution in [2.45, 2.75) is 20.3 Å². The first-order valence-corrected chi connectivity index (χ1v) is 4.66. The minimum absolute atomic E-state index is 1.09. The fourth-order valence-electron chi connectivity index (χ4n) is 1.13. The maximum Gasteiger partial charge on any atom is -0.0233 e. The van der Waals surface area contributed by atoms with Crippen LogP contribution in [0.5, 0.6) is 0 Å². The standard InChI is InChI=1S/C13H16/c1-4-5-6-12-7-9-13(10-8-12)11(2)3/h5-10H,2,4H2,1,3H3. The zero-order valence-electron chi connectivity index (χ0n) is 8.38. The van der Waals surface area contributed by atoms with E-state index in [1.807, 2.05) is 6.92 Å². The third-order valence-electron chi connectivity index (χ3n) is 1.95. The van der Waals surface area contributed by atoms with Gasteiger partial charge in [-0.1, -0.05) is 55.5 Å². The molecular formula is C13H16. The average molecular weight is 172 g/mol. The first-order chi connectivity index (χ1) is 6.24. The zero-order chi connectivity index (χ0) is 9.68. The molecule has 0 saturated heterocycles. The Hall–Kier alpha value is -1.30. The van der Waals surface area contributed by atoms with Crippen LogP contribution in [-0.4, -0.2) is 0 Å². The maximum atomic E-state index is 3.90. The summed E-state index contributed by atoms with van der Waals surface area (Å²) >= 11 is 0. The zero-order valence-corrected chi connectivity index (χ0v) is 8.38. The highest BCUT2D eigenvalue weighted by Gasteiger charge is 1.91. The topological polar surface area (TPSA) is 0 Å². The van der Waals surface area contributed by atoms with Gasteiger partial charge in [-0.25, -0.2) is 0 Å². The Morgan fingerprint density at radius 1 is 1.31 bits per heavy atom. The normalized spacial score (nSPS) is 10.6. The molecule has 68 valence electrons. The van der Waals surface area contributed by atoms with Crippen molar-refractivity contribution in [2.24, 2.45) is 0 Å². The van der Waals surface area contributed by atoms with Crippen LogP contribution >= 0.6 is 0 Å². The summed E-state index contributed by atoms with van der Waals surface area (Å²) in [4.78, 5) is 0. The van der Waals surface area contributed by atoms with Gasteiger partial charge >= 0.3 is 0 Å². The summed E-state index contributed by atoms with van der Waals surface area (Å²) in [6.45, 7) is 8.06. The maximum absolute atomic E-state index is 3.90. The van der Waals surface area contributed by atoms with Crippen molar-refractivity contribution in [3.05, 3.63) is 48.0 Å². The molecule has 13 heavy (non-hydrogen) atoms. The van der Waals surface area contributed by atoms with Gasteiger partial charge < -0.3 is 0 Å². The third kappa shape index (κ3) is 2.90. The van der Waals surface area contributed by atoms with Crippen LogP contribution in [0.3, 0.4) is 0 Å². The fraction of sp³-hybridized carbons (Fsp3) is 0.231. The summed E-state index contributed by atoms with van der Waals surface area (Å²) in [7, 11) is 0. The van der Waals surface area contributed by atoms with E-state index in [-0.39, 0.29) is 0 Å². The van der Waals surface area contributed by atoms with Crippen molar-refractivity contribution < 1.29 is 0 Å². The van der Waals surface area contributed by atoms with E-state index in [2.05, 4.69) is 49.9 Å². The van der Waals surface area contributed by atoms with Crippen molar-refractivity contribution in [3.63, 3.8) is 0 Å². The summed E-state index contributed by atoms with van der Waals surface area (Å²) in [5, 5.41) is 0. The number of benzene rings is 1. The molecule has 0 bridgehead atoms. The molecule has 0 heteroatoms. The first-order valence-electron chi connectivity index (χ1n) is 4.66. The van der Waals surface area contributed by atoms with E-state index in [9.17, 15) is 0 Å². The Bertz CT molecular complexity index is 301. The van der Waals surface area contributed by atoms with E-state index in [1.54, 1.807) is 0 Å². The Morgan fingerprint density at radius 3 is 2.38 bits per heavy atom. The van der Waals surface area contributed by atoms with Gasteiger partial charge in [0.05, 0.1) is 0 Å². The minimum Gasteiger partial charge on any atom is -0.0955 e. The van der Waals surface area contributed by atoms with Crippen LogP contribution in [0.2, 0.25) is 0 Å². The van der Waals surface area contributed by atoms with Gasteiger partial charge in [-0.05, 0) is 24.5 Å². The van der Waals surface area contributed by atoms with Gasteiger partial charge in [0, 0.05) is 0 Å². The van der Waals surface area contributed by atoms with Crippen molar-refractivity contribution in [2.75, 3.05) is 0 Å². The van der Waals surface area contributed by atoms with Crippen LogP contribution in [0.15, 0.2) is 36.9 Å². The molecule has 0 nitrogen and oxygen atoms in total. The van der Waals surface area contributed by atoms with Crippen LogP contribution in [0.25, 0.3) is 11.6 Å². The lowest BCUT2D eigenvalue weighted by atomic mass is 10.1. The lowest BCUT2D eigenvalue weighted by Crippen LogP contribution is -1.77. The molecule has 0 amide bonds. The molecule has 0 unspecified atom stereocenters. The monoisotopic (exact) mass is 172 g/mol. The number of rotatable bonds is 3. The molecule has 0 spiro atoms. The highest BCUT2D eigenvalue weighted by molar-refractivity contribution is 5.63. The second kappa shape index (κ2) is 4.66. The fourth-order valence-corrected chi connectivity index (χ4v) is 1.13. The smallest absolute Gasteiger partial charge is 0.0233 e. The van der Waals surface area contributed by atoms with Crippen LogP contribution in [-0.2, 0) is 0 Å². The quantitative estimate of drug-likeness (QED) is 0.642. The number of hydrogen-bond donors (Lipinski definition) is 0. The lowest BCUT2D eigenvalue weighted by molar-refractivity contribution is 1.23. The molecule has 0 aliphatic heterocycles. The van der Waals surface area contributed by atoms with Crippen molar-refractivity contribution in [3.8, 4) is 0 Å². The van der Waals surface area contributed by atoms with Crippen LogP contribution in [0.4, 0.5) is 0 Å². The molecule has 0 heterocycles. The summed E-state index contributed by atoms with van der Waals surface area (Å²) in [5.41, 5.74) is 3.59. The molecule has 0 aromatic heterocycles. The Morgan fingerprint density at radius 2 is 1.92 bits per heavy atom. The molecule has 1 aromatic rings. The van der Waals surface area contributed by atoms with Gasteiger partial charge in [-0.2, -0.15) is 0 Å². The predicted molar refractivity (Wildman–Crippen MR) is 60.5 cm³/mol.